The van der Waals surface area contributed by atoms with Gasteiger partial charge in [-0.1, -0.05) is 67.6 Å². The zero-order chi connectivity index (χ0) is 29.8. The molecule has 5 nitrogen and oxygen atoms in total. The van der Waals surface area contributed by atoms with Crippen LogP contribution in [-0.2, 0) is 4.79 Å². The third kappa shape index (κ3) is 12.0. The minimum atomic E-state index is -1.09. The van der Waals surface area contributed by atoms with Crippen molar-refractivity contribution in [2.75, 3.05) is 13.1 Å². The van der Waals surface area contributed by atoms with Gasteiger partial charge in [-0.15, -0.1) is 0 Å². The fraction of sp³-hybridized carbons (Fsp3) is 0.581. The van der Waals surface area contributed by atoms with E-state index in [9.17, 15) is 23.8 Å². The average molecular weight is 602 g/mol. The second kappa shape index (κ2) is 16.6. The molecule has 2 aromatic carbocycles. The molecule has 1 saturated carbocycles. The molecule has 4 N–H and O–H groups in total. The predicted octanol–water partition coefficient (Wildman–Crippen LogP) is 7.02. The lowest BCUT2D eigenvalue weighted by Gasteiger charge is -2.35. The lowest BCUT2D eigenvalue weighted by atomic mass is 9.71. The molecule has 1 amide bonds. The fourth-order valence-electron chi connectivity index (χ4n) is 5.34. The van der Waals surface area contributed by atoms with Crippen LogP contribution in [0.4, 0.5) is 8.78 Å². The summed E-state index contributed by atoms with van der Waals surface area (Å²) in [6, 6.07) is 11.7. The highest BCUT2D eigenvalue weighted by Crippen LogP contribution is 2.42. The van der Waals surface area contributed by atoms with Gasteiger partial charge < -0.3 is 20.8 Å². The van der Waals surface area contributed by atoms with Crippen LogP contribution < -0.4 is 10.6 Å². The first kappa shape index (κ1) is 34.4. The highest BCUT2D eigenvalue weighted by atomic mass is 35.5. The van der Waals surface area contributed by atoms with Crippen molar-refractivity contribution in [2.24, 2.45) is 5.41 Å². The van der Waals surface area contributed by atoms with Gasteiger partial charge in [-0.2, -0.15) is 0 Å². The summed E-state index contributed by atoms with van der Waals surface area (Å²) in [4.78, 5) is 9.78. The first-order chi connectivity index (χ1) is 18.8. The molecule has 0 radical (unpaired) electrons. The summed E-state index contributed by atoms with van der Waals surface area (Å²) in [5.74, 6) is -0.256. The molecule has 3 atom stereocenters. The Morgan fingerprint density at radius 3 is 2.40 bits per heavy atom. The second-order valence-electron chi connectivity index (χ2n) is 11.7. The van der Waals surface area contributed by atoms with Crippen molar-refractivity contribution in [3.8, 4) is 0 Å². The maximum absolute atomic E-state index is 14.2. The standard InChI is InChI=1S/C18H25ClFN.C7H15NO3.C6H4ClF/c1-18(8-3-2-4-9-18)11-14-10-13(12-21-14)15-6-5-7-16(19)17(15)20;1-7(2,11)6(10)3-4-8-5-9;7-5-2-1-3-6(8)4-5/h5-7,13-14,21H,2-4,8-12H2,1H3;5-6,10-11H,3-4H2,1-2H3,(H,8,9);1-4H. The minimum absolute atomic E-state index is 0.226. The lowest BCUT2D eigenvalue weighted by Crippen LogP contribution is -2.37. The fourth-order valence-corrected chi connectivity index (χ4v) is 5.70. The van der Waals surface area contributed by atoms with Gasteiger partial charge in [0, 0.05) is 30.1 Å². The van der Waals surface area contributed by atoms with Crippen molar-refractivity contribution in [1.29, 1.82) is 0 Å². The van der Waals surface area contributed by atoms with Crippen molar-refractivity contribution < 1.29 is 23.8 Å². The van der Waals surface area contributed by atoms with E-state index in [-0.39, 0.29) is 22.6 Å². The number of hydrogen-bond acceptors (Lipinski definition) is 4. The zero-order valence-electron chi connectivity index (χ0n) is 23.7. The molecule has 0 spiro atoms. The molecule has 40 heavy (non-hydrogen) atoms. The van der Waals surface area contributed by atoms with Gasteiger partial charge in [0.2, 0.25) is 6.41 Å². The van der Waals surface area contributed by atoms with Crippen LogP contribution in [-0.4, -0.2) is 47.5 Å². The molecule has 9 heteroatoms. The van der Waals surface area contributed by atoms with Gasteiger partial charge in [0.05, 0.1) is 16.7 Å². The molecule has 0 aromatic heterocycles. The molecule has 1 aliphatic heterocycles. The summed E-state index contributed by atoms with van der Waals surface area (Å²) < 4.78 is 26.2. The third-order valence-electron chi connectivity index (χ3n) is 7.69. The number of rotatable bonds is 8. The number of halogens is 4. The number of nitrogens with one attached hydrogen (secondary N) is 2. The summed E-state index contributed by atoms with van der Waals surface area (Å²) in [6.45, 7) is 6.74. The van der Waals surface area contributed by atoms with Gasteiger partial charge >= 0.3 is 0 Å². The quantitative estimate of drug-likeness (QED) is 0.194. The molecule has 3 unspecified atom stereocenters. The Bertz CT molecular complexity index is 1030. The molecule has 2 fully saturated rings. The Hall–Kier alpha value is -1.77. The third-order valence-corrected chi connectivity index (χ3v) is 8.22. The number of carbonyl (C=O) groups excluding carboxylic acids is 1. The van der Waals surface area contributed by atoms with E-state index < -0.39 is 11.7 Å². The zero-order valence-corrected chi connectivity index (χ0v) is 25.2. The van der Waals surface area contributed by atoms with Gasteiger partial charge in [-0.3, -0.25) is 4.79 Å². The van der Waals surface area contributed by atoms with Crippen LogP contribution >= 0.6 is 23.2 Å². The van der Waals surface area contributed by atoms with Crippen LogP contribution in [0.25, 0.3) is 0 Å². The number of aliphatic hydroxyl groups excluding tert-OH is 1. The first-order valence-corrected chi connectivity index (χ1v) is 14.8. The lowest BCUT2D eigenvalue weighted by molar-refractivity contribution is -0.109. The molecule has 0 bridgehead atoms. The number of hydrogen-bond donors (Lipinski definition) is 4. The van der Waals surface area contributed by atoms with E-state index >= 15 is 0 Å². The van der Waals surface area contributed by atoms with Crippen molar-refractivity contribution in [2.45, 2.75) is 95.8 Å². The largest absolute Gasteiger partial charge is 0.390 e. The maximum atomic E-state index is 14.2. The molecule has 2 aromatic rings. The molecule has 2 aliphatic rings. The summed E-state index contributed by atoms with van der Waals surface area (Å²) in [5.41, 5.74) is 0.175. The van der Waals surface area contributed by atoms with Crippen LogP contribution in [0.2, 0.25) is 10.0 Å². The summed E-state index contributed by atoms with van der Waals surface area (Å²) in [6.07, 6.45) is 9.23. The monoisotopic (exact) mass is 600 g/mol. The normalized spacial score (nSPS) is 20.8. The van der Waals surface area contributed by atoms with E-state index in [1.54, 1.807) is 18.2 Å². The first-order valence-electron chi connectivity index (χ1n) is 14.0. The van der Waals surface area contributed by atoms with E-state index in [1.807, 2.05) is 12.1 Å². The van der Waals surface area contributed by atoms with Gasteiger partial charge in [-0.25, -0.2) is 8.78 Å². The molecule has 224 valence electrons. The molecular weight excluding hydrogens is 557 g/mol. The minimum Gasteiger partial charge on any atom is -0.390 e. The number of benzene rings is 2. The molecule has 1 heterocycles. The molecule has 1 aliphatic carbocycles. The van der Waals surface area contributed by atoms with Crippen LogP contribution in [0.1, 0.15) is 83.6 Å². The average Bonchev–Trinajstić information content (AvgIpc) is 3.33. The molecule has 4 rings (SSSR count). The number of aliphatic hydroxyl groups is 2. The van der Waals surface area contributed by atoms with E-state index in [4.69, 9.17) is 23.2 Å². The Morgan fingerprint density at radius 1 is 1.15 bits per heavy atom. The van der Waals surface area contributed by atoms with Gasteiger partial charge in [0.25, 0.3) is 0 Å². The van der Waals surface area contributed by atoms with Gasteiger partial charge in [-0.05, 0) is 81.2 Å². The number of carbonyl (C=O) groups is 1. The van der Waals surface area contributed by atoms with Crippen molar-refractivity contribution in [1.82, 2.24) is 10.6 Å². The predicted molar refractivity (Wildman–Crippen MR) is 159 cm³/mol. The Labute approximate surface area is 247 Å². The van der Waals surface area contributed by atoms with Crippen molar-refractivity contribution >= 4 is 29.6 Å². The molecular formula is C31H44Cl2F2N2O3. The van der Waals surface area contributed by atoms with E-state index in [2.05, 4.69) is 17.6 Å². The summed E-state index contributed by atoms with van der Waals surface area (Å²) >= 11 is 11.3. The van der Waals surface area contributed by atoms with Crippen LogP contribution in [0.3, 0.4) is 0 Å². The highest BCUT2D eigenvalue weighted by Gasteiger charge is 2.34. The smallest absolute Gasteiger partial charge is 0.207 e. The van der Waals surface area contributed by atoms with E-state index in [1.165, 1.54) is 64.5 Å². The van der Waals surface area contributed by atoms with Crippen LogP contribution in [0.5, 0.6) is 0 Å². The molecule has 1 saturated heterocycles. The SMILES string of the molecule is CC(C)(O)C(O)CCNC=O.CC1(CC2CC(c3cccc(Cl)c3F)CN2)CCCCC1.Fc1cccc(Cl)c1. The summed E-state index contributed by atoms with van der Waals surface area (Å²) in [5, 5.41) is 25.1. The number of amides is 1. The van der Waals surface area contributed by atoms with Crippen molar-refractivity contribution in [3.05, 3.63) is 69.7 Å². The Balaban J connectivity index is 0.000000247. The highest BCUT2D eigenvalue weighted by molar-refractivity contribution is 6.31. The summed E-state index contributed by atoms with van der Waals surface area (Å²) in [7, 11) is 0. The topological polar surface area (TPSA) is 81.6 Å². The second-order valence-corrected chi connectivity index (χ2v) is 12.6. The van der Waals surface area contributed by atoms with Crippen LogP contribution in [0.15, 0.2) is 42.5 Å². The van der Waals surface area contributed by atoms with Crippen LogP contribution in [0, 0.1) is 17.0 Å². The van der Waals surface area contributed by atoms with E-state index in [0.29, 0.717) is 35.9 Å². The van der Waals surface area contributed by atoms with Gasteiger partial charge in [0.15, 0.2) is 0 Å². The maximum Gasteiger partial charge on any atom is 0.207 e. The Kier molecular flexibility index (Phi) is 14.3. The Morgan fingerprint density at radius 2 is 1.82 bits per heavy atom. The van der Waals surface area contributed by atoms with Crippen molar-refractivity contribution in [3.63, 3.8) is 0 Å². The van der Waals surface area contributed by atoms with E-state index in [0.717, 1.165) is 18.5 Å². The van der Waals surface area contributed by atoms with Gasteiger partial charge in [0.1, 0.15) is 11.6 Å².